The Kier molecular flexibility index (Phi) is 9.33. The first-order chi connectivity index (χ1) is 21.2. The van der Waals surface area contributed by atoms with Crippen LogP contribution in [0, 0.1) is 5.82 Å². The zero-order valence-corrected chi connectivity index (χ0v) is 25.4. The van der Waals surface area contributed by atoms with Gasteiger partial charge in [-0.05, 0) is 86.8 Å². The Bertz CT molecular complexity index is 1760. The highest BCUT2D eigenvalue weighted by atomic mass is 19.1. The van der Waals surface area contributed by atoms with Gasteiger partial charge in [-0.15, -0.1) is 5.10 Å². The molecule has 226 valence electrons. The van der Waals surface area contributed by atoms with E-state index in [-0.39, 0.29) is 30.0 Å². The lowest BCUT2D eigenvalue weighted by atomic mass is 10.0. The number of halogens is 1. The number of Topliss-reactive ketones (excluding diaryl/α,β-unsaturated/α-hetero) is 1. The van der Waals surface area contributed by atoms with Crippen molar-refractivity contribution in [2.45, 2.75) is 46.6 Å². The Balaban J connectivity index is 1.30. The van der Waals surface area contributed by atoms with Crippen molar-refractivity contribution in [3.8, 4) is 16.9 Å². The van der Waals surface area contributed by atoms with Gasteiger partial charge in [-0.3, -0.25) is 9.59 Å². The van der Waals surface area contributed by atoms with E-state index in [1.807, 2.05) is 76.4 Å². The first-order valence-electron chi connectivity index (χ1n) is 14.8. The van der Waals surface area contributed by atoms with Gasteiger partial charge in [0.1, 0.15) is 17.3 Å². The molecule has 8 nitrogen and oxygen atoms in total. The molecule has 0 radical (unpaired) electrons. The summed E-state index contributed by atoms with van der Waals surface area (Å²) < 4.78 is 20.9. The average molecular weight is 594 g/mol. The number of amides is 1. The summed E-state index contributed by atoms with van der Waals surface area (Å²) in [5.74, 6) is 0.662. The van der Waals surface area contributed by atoms with Gasteiger partial charge in [0, 0.05) is 43.3 Å². The van der Waals surface area contributed by atoms with Crippen LogP contribution in [0.5, 0.6) is 5.75 Å². The fraction of sp³-hybridized carbons (Fsp3) is 0.257. The molecule has 0 aliphatic heterocycles. The number of carbonyl (C=O) groups is 2. The molecule has 0 unspecified atom stereocenters. The highest BCUT2D eigenvalue weighted by molar-refractivity contribution is 5.95. The third kappa shape index (κ3) is 7.29. The molecule has 5 aromatic rings. The quantitative estimate of drug-likeness (QED) is 0.169. The first-order valence-corrected chi connectivity index (χ1v) is 14.8. The molecular formula is C35H36FN5O3. The zero-order valence-electron chi connectivity index (χ0n) is 25.4. The Morgan fingerprint density at radius 2 is 1.52 bits per heavy atom. The van der Waals surface area contributed by atoms with Crippen molar-refractivity contribution in [2.75, 3.05) is 18.4 Å². The summed E-state index contributed by atoms with van der Waals surface area (Å²) in [6.07, 6.45) is 2.39. The number of rotatable bonds is 12. The largest absolute Gasteiger partial charge is 0.489 e. The maximum Gasteiger partial charge on any atom is 0.253 e. The fourth-order valence-corrected chi connectivity index (χ4v) is 4.97. The molecule has 0 saturated carbocycles. The van der Waals surface area contributed by atoms with E-state index < -0.39 is 0 Å². The number of hydrogen-bond acceptors (Lipinski definition) is 6. The predicted octanol–water partition coefficient (Wildman–Crippen LogP) is 6.90. The molecule has 0 saturated heterocycles. The second kappa shape index (κ2) is 13.5. The molecule has 0 spiro atoms. The van der Waals surface area contributed by atoms with E-state index in [0.29, 0.717) is 48.1 Å². The summed E-state index contributed by atoms with van der Waals surface area (Å²) in [6.45, 7) is 9.05. The smallest absolute Gasteiger partial charge is 0.253 e. The lowest BCUT2D eigenvalue weighted by Crippen LogP contribution is -2.30. The van der Waals surface area contributed by atoms with Gasteiger partial charge in [-0.25, -0.2) is 8.91 Å². The summed E-state index contributed by atoms with van der Waals surface area (Å²) in [5.41, 5.74) is 5.53. The number of anilines is 2. The molecule has 5 rings (SSSR count). The fourth-order valence-electron chi connectivity index (χ4n) is 4.97. The molecule has 0 fully saturated rings. The summed E-state index contributed by atoms with van der Waals surface area (Å²) in [4.78, 5) is 31.8. The Labute approximate surface area is 256 Å². The van der Waals surface area contributed by atoms with E-state index in [1.165, 1.54) is 12.1 Å². The Morgan fingerprint density at radius 1 is 0.886 bits per heavy atom. The second-order valence-electron chi connectivity index (χ2n) is 10.9. The van der Waals surface area contributed by atoms with Crippen LogP contribution in [0.2, 0.25) is 0 Å². The van der Waals surface area contributed by atoms with Crippen LogP contribution < -0.4 is 10.1 Å². The minimum atomic E-state index is -0.311. The van der Waals surface area contributed by atoms with Gasteiger partial charge in [-0.2, -0.15) is 4.98 Å². The zero-order chi connectivity index (χ0) is 31.2. The number of nitrogens with zero attached hydrogens (tertiary/aromatic N) is 4. The summed E-state index contributed by atoms with van der Waals surface area (Å²) in [5, 5.41) is 7.88. The number of fused-ring (bicyclic) bond motifs is 1. The van der Waals surface area contributed by atoms with Crippen LogP contribution in [-0.4, -0.2) is 50.4 Å². The van der Waals surface area contributed by atoms with Crippen molar-refractivity contribution in [1.82, 2.24) is 19.5 Å². The maximum atomic E-state index is 13.1. The van der Waals surface area contributed by atoms with Crippen LogP contribution in [0.1, 0.15) is 49.2 Å². The standard InChI is InChI=1S/C35H36FN5O3/c1-5-40(6-2)34(43)27-13-17-31(32(21-27)44-23(3)4)37-35-38-33-18-14-28(22-41(33)39-35)26-11-7-24(8-12-26)19-30(42)20-25-9-15-29(36)16-10-25/h7-18,21-23H,5-6,19-20H2,1-4H3,(H,37,39). The van der Waals surface area contributed by atoms with Crippen LogP contribution in [-0.2, 0) is 17.6 Å². The maximum absolute atomic E-state index is 13.1. The van der Waals surface area contributed by atoms with Crippen molar-refractivity contribution in [3.05, 3.63) is 108 Å². The number of nitrogens with one attached hydrogen (secondary N) is 1. The Morgan fingerprint density at radius 3 is 2.16 bits per heavy atom. The van der Waals surface area contributed by atoms with E-state index >= 15 is 0 Å². The van der Waals surface area contributed by atoms with Crippen molar-refractivity contribution in [1.29, 1.82) is 0 Å². The molecule has 2 heterocycles. The molecule has 3 aromatic carbocycles. The predicted molar refractivity (Wildman–Crippen MR) is 170 cm³/mol. The van der Waals surface area contributed by atoms with E-state index in [2.05, 4.69) is 15.4 Å². The van der Waals surface area contributed by atoms with Crippen molar-refractivity contribution >= 4 is 29.0 Å². The van der Waals surface area contributed by atoms with Crippen molar-refractivity contribution in [2.24, 2.45) is 0 Å². The molecule has 0 bridgehead atoms. The molecule has 44 heavy (non-hydrogen) atoms. The summed E-state index contributed by atoms with van der Waals surface area (Å²) in [7, 11) is 0. The van der Waals surface area contributed by atoms with Gasteiger partial charge >= 0.3 is 0 Å². The average Bonchev–Trinajstić information content (AvgIpc) is 3.41. The minimum absolute atomic E-state index is 0.0434. The topological polar surface area (TPSA) is 88.8 Å². The van der Waals surface area contributed by atoms with Crippen LogP contribution in [0.4, 0.5) is 16.0 Å². The van der Waals surface area contributed by atoms with Gasteiger partial charge in [-0.1, -0.05) is 36.4 Å². The third-order valence-corrected chi connectivity index (χ3v) is 7.22. The summed E-state index contributed by atoms with van der Waals surface area (Å²) >= 11 is 0. The molecule has 1 N–H and O–H groups in total. The number of pyridine rings is 1. The van der Waals surface area contributed by atoms with Crippen LogP contribution >= 0.6 is 0 Å². The van der Waals surface area contributed by atoms with Crippen molar-refractivity contribution in [3.63, 3.8) is 0 Å². The van der Waals surface area contributed by atoms with Gasteiger partial charge in [0.25, 0.3) is 5.91 Å². The number of ketones is 1. The number of aromatic nitrogens is 3. The molecule has 0 aliphatic rings. The van der Waals surface area contributed by atoms with Gasteiger partial charge < -0.3 is 15.0 Å². The van der Waals surface area contributed by atoms with Gasteiger partial charge in [0.15, 0.2) is 5.65 Å². The van der Waals surface area contributed by atoms with E-state index in [1.54, 1.807) is 33.7 Å². The summed E-state index contributed by atoms with van der Waals surface area (Å²) in [6, 6.07) is 23.1. The minimum Gasteiger partial charge on any atom is -0.489 e. The lowest BCUT2D eigenvalue weighted by Gasteiger charge is -2.20. The highest BCUT2D eigenvalue weighted by Gasteiger charge is 2.17. The highest BCUT2D eigenvalue weighted by Crippen LogP contribution is 2.30. The Hall–Kier alpha value is -5.05. The molecule has 0 aliphatic carbocycles. The number of benzene rings is 3. The monoisotopic (exact) mass is 593 g/mol. The first kappa shape index (κ1) is 30.4. The number of carbonyl (C=O) groups excluding carboxylic acids is 2. The normalized spacial score (nSPS) is 11.1. The molecule has 2 aromatic heterocycles. The van der Waals surface area contributed by atoms with Crippen LogP contribution in [0.3, 0.4) is 0 Å². The number of hydrogen-bond donors (Lipinski definition) is 1. The molecule has 9 heteroatoms. The molecular weight excluding hydrogens is 557 g/mol. The van der Waals surface area contributed by atoms with E-state index in [4.69, 9.17) is 4.74 Å². The van der Waals surface area contributed by atoms with Gasteiger partial charge in [0.05, 0.1) is 11.8 Å². The van der Waals surface area contributed by atoms with Crippen LogP contribution in [0.15, 0.2) is 85.1 Å². The van der Waals surface area contributed by atoms with Crippen LogP contribution in [0.25, 0.3) is 16.8 Å². The van der Waals surface area contributed by atoms with E-state index in [9.17, 15) is 14.0 Å². The third-order valence-electron chi connectivity index (χ3n) is 7.22. The molecule has 1 amide bonds. The van der Waals surface area contributed by atoms with E-state index in [0.717, 1.165) is 22.3 Å². The number of ether oxygens (including phenoxy) is 1. The lowest BCUT2D eigenvalue weighted by molar-refractivity contribution is -0.117. The molecule has 0 atom stereocenters. The van der Waals surface area contributed by atoms with Crippen molar-refractivity contribution < 1.29 is 18.7 Å². The second-order valence-corrected chi connectivity index (χ2v) is 10.9. The van der Waals surface area contributed by atoms with Gasteiger partial charge in [0.2, 0.25) is 5.95 Å². The SMILES string of the molecule is CCN(CC)C(=O)c1ccc(Nc2nc3ccc(-c4ccc(CC(=O)Cc5ccc(F)cc5)cc4)cn3n2)c(OC(C)C)c1.